The van der Waals surface area contributed by atoms with Gasteiger partial charge in [0.15, 0.2) is 0 Å². The predicted octanol–water partition coefficient (Wildman–Crippen LogP) is 4.43. The number of nitrogens with two attached hydrogens (primary N) is 1. The Kier molecular flexibility index (Phi) is 5.45. The number of hydrogen-bond acceptors (Lipinski definition) is 2. The summed E-state index contributed by atoms with van der Waals surface area (Å²) < 4.78 is 0.984. The van der Waals surface area contributed by atoms with E-state index in [1.54, 1.807) is 0 Å². The Morgan fingerprint density at radius 1 is 1.41 bits per heavy atom. The van der Waals surface area contributed by atoms with Gasteiger partial charge in [-0.2, -0.15) is 0 Å². The second-order valence-corrected chi connectivity index (χ2v) is 6.81. The molecule has 3 N–H and O–H groups in total. The van der Waals surface area contributed by atoms with Crippen LogP contribution in [0.25, 0.3) is 0 Å². The second kappa shape index (κ2) is 6.19. The van der Waals surface area contributed by atoms with Crippen LogP contribution in [0.5, 0.6) is 0 Å². The fraction of sp³-hybridized carbons (Fsp3) is 0.538. The van der Waals surface area contributed by atoms with Crippen molar-refractivity contribution in [2.24, 2.45) is 11.3 Å². The van der Waals surface area contributed by atoms with Gasteiger partial charge in [0, 0.05) is 15.5 Å². The van der Waals surface area contributed by atoms with Crippen molar-refractivity contribution in [2.75, 3.05) is 0 Å². The van der Waals surface area contributed by atoms with Crippen molar-refractivity contribution < 1.29 is 0 Å². The molecule has 1 atom stereocenters. The average Bonchev–Trinajstić information content (AvgIpc) is 2.19. The van der Waals surface area contributed by atoms with Gasteiger partial charge < -0.3 is 0 Å². The lowest BCUT2D eigenvalue weighted by molar-refractivity contribution is 0.333. The maximum Gasteiger partial charge on any atom is 0.0474 e. The van der Waals surface area contributed by atoms with Crippen LogP contribution in [0.15, 0.2) is 22.7 Å². The molecular weight excluding hydrogens is 300 g/mol. The molecule has 17 heavy (non-hydrogen) atoms. The van der Waals surface area contributed by atoms with Crippen LogP contribution in [-0.2, 0) is 0 Å². The highest BCUT2D eigenvalue weighted by molar-refractivity contribution is 9.10. The highest BCUT2D eigenvalue weighted by Crippen LogP contribution is 2.31. The summed E-state index contributed by atoms with van der Waals surface area (Å²) in [5.74, 6) is 5.62. The first kappa shape index (κ1) is 15.0. The highest BCUT2D eigenvalue weighted by atomic mass is 79.9. The van der Waals surface area contributed by atoms with E-state index in [9.17, 15) is 0 Å². The third-order valence-electron chi connectivity index (χ3n) is 2.72. The van der Waals surface area contributed by atoms with Gasteiger partial charge in [-0.3, -0.25) is 11.3 Å². The smallest absolute Gasteiger partial charge is 0.0474 e. The molecule has 0 aliphatic rings. The number of nitrogens with one attached hydrogen (secondary N) is 1. The van der Waals surface area contributed by atoms with Gasteiger partial charge in [0.1, 0.15) is 0 Å². The Balaban J connectivity index is 2.79. The molecule has 0 fully saturated rings. The van der Waals surface area contributed by atoms with Crippen molar-refractivity contribution in [1.82, 2.24) is 5.43 Å². The molecule has 0 aromatic heterocycles. The molecule has 0 saturated heterocycles. The Labute approximate surface area is 117 Å². The normalized spacial score (nSPS) is 13.8. The maximum atomic E-state index is 6.23. The average molecular weight is 320 g/mol. The first-order valence-electron chi connectivity index (χ1n) is 5.74. The maximum absolute atomic E-state index is 6.23. The highest BCUT2D eigenvalue weighted by Gasteiger charge is 2.17. The molecule has 0 aliphatic carbocycles. The van der Waals surface area contributed by atoms with Crippen molar-refractivity contribution in [3.8, 4) is 0 Å². The molecule has 96 valence electrons. The molecule has 0 amide bonds. The molecule has 1 aromatic carbocycles. The summed E-state index contributed by atoms with van der Waals surface area (Å²) in [7, 11) is 0. The lowest BCUT2D eigenvalue weighted by Gasteiger charge is -2.23. The van der Waals surface area contributed by atoms with Gasteiger partial charge >= 0.3 is 0 Å². The summed E-state index contributed by atoms with van der Waals surface area (Å²) in [6, 6.07) is 6.01. The Morgan fingerprint density at radius 3 is 2.53 bits per heavy atom. The minimum atomic E-state index is 0.106. The molecule has 1 rings (SSSR count). The van der Waals surface area contributed by atoms with E-state index in [0.29, 0.717) is 5.41 Å². The van der Waals surface area contributed by atoms with Crippen LogP contribution in [0.1, 0.15) is 45.2 Å². The van der Waals surface area contributed by atoms with Crippen LogP contribution in [0.2, 0.25) is 5.02 Å². The van der Waals surface area contributed by atoms with E-state index >= 15 is 0 Å². The lowest BCUT2D eigenvalue weighted by atomic mass is 9.87. The fourth-order valence-corrected chi connectivity index (χ4v) is 2.50. The molecule has 0 radical (unpaired) electrons. The SMILES string of the molecule is CC(C)(C)CCC(NN)c1ccc(Br)cc1Cl. The zero-order chi connectivity index (χ0) is 13.1. The number of hydrogen-bond donors (Lipinski definition) is 2. The molecule has 0 spiro atoms. The van der Waals surface area contributed by atoms with E-state index in [1.807, 2.05) is 18.2 Å². The van der Waals surface area contributed by atoms with Crippen molar-refractivity contribution in [3.63, 3.8) is 0 Å². The molecule has 1 aromatic rings. The zero-order valence-electron chi connectivity index (χ0n) is 10.6. The standard InChI is InChI=1S/C13H20BrClN2/c1-13(2,3)7-6-12(17-16)10-5-4-9(14)8-11(10)15/h4-5,8,12,17H,6-7,16H2,1-3H3. The van der Waals surface area contributed by atoms with Crippen LogP contribution < -0.4 is 11.3 Å². The third-order valence-corrected chi connectivity index (χ3v) is 3.54. The minimum absolute atomic E-state index is 0.106. The summed E-state index contributed by atoms with van der Waals surface area (Å²) in [4.78, 5) is 0. The van der Waals surface area contributed by atoms with E-state index in [0.717, 1.165) is 27.9 Å². The number of benzene rings is 1. The van der Waals surface area contributed by atoms with Gasteiger partial charge in [0.2, 0.25) is 0 Å². The Hall–Kier alpha value is -0.0900. The molecule has 2 nitrogen and oxygen atoms in total. The predicted molar refractivity (Wildman–Crippen MR) is 77.9 cm³/mol. The lowest BCUT2D eigenvalue weighted by Crippen LogP contribution is -2.29. The van der Waals surface area contributed by atoms with E-state index in [2.05, 4.69) is 42.1 Å². The summed E-state index contributed by atoms with van der Waals surface area (Å²) in [5.41, 5.74) is 4.21. The van der Waals surface area contributed by atoms with Crippen LogP contribution >= 0.6 is 27.5 Å². The minimum Gasteiger partial charge on any atom is -0.271 e. The van der Waals surface area contributed by atoms with E-state index < -0.39 is 0 Å². The summed E-state index contributed by atoms with van der Waals surface area (Å²) in [6.07, 6.45) is 2.07. The molecule has 0 saturated carbocycles. The molecular formula is C13H20BrClN2. The molecule has 4 heteroatoms. The quantitative estimate of drug-likeness (QED) is 0.636. The fourth-order valence-electron chi connectivity index (χ4n) is 1.69. The van der Waals surface area contributed by atoms with Gasteiger partial charge in [0.25, 0.3) is 0 Å². The van der Waals surface area contributed by atoms with Crippen molar-refractivity contribution in [1.29, 1.82) is 0 Å². The van der Waals surface area contributed by atoms with E-state index in [4.69, 9.17) is 17.4 Å². The first-order valence-corrected chi connectivity index (χ1v) is 6.91. The van der Waals surface area contributed by atoms with Gasteiger partial charge in [-0.1, -0.05) is 54.4 Å². The Morgan fingerprint density at radius 2 is 2.06 bits per heavy atom. The Bertz CT molecular complexity index is 374. The van der Waals surface area contributed by atoms with Crippen LogP contribution in [0.4, 0.5) is 0 Å². The largest absolute Gasteiger partial charge is 0.271 e. The second-order valence-electron chi connectivity index (χ2n) is 5.48. The van der Waals surface area contributed by atoms with Gasteiger partial charge in [0.05, 0.1) is 0 Å². The first-order chi connectivity index (χ1) is 7.83. The number of halogens is 2. The number of hydrazine groups is 1. The van der Waals surface area contributed by atoms with Gasteiger partial charge in [-0.15, -0.1) is 0 Å². The van der Waals surface area contributed by atoms with Gasteiger partial charge in [-0.25, -0.2) is 0 Å². The number of rotatable bonds is 4. The molecule has 1 unspecified atom stereocenters. The van der Waals surface area contributed by atoms with Crippen molar-refractivity contribution in [2.45, 2.75) is 39.7 Å². The summed E-state index contributed by atoms with van der Waals surface area (Å²) >= 11 is 9.63. The van der Waals surface area contributed by atoms with Crippen molar-refractivity contribution in [3.05, 3.63) is 33.3 Å². The zero-order valence-corrected chi connectivity index (χ0v) is 12.9. The molecule has 0 heterocycles. The molecule has 0 bridgehead atoms. The summed E-state index contributed by atoms with van der Waals surface area (Å²) in [5, 5.41) is 0.747. The van der Waals surface area contributed by atoms with E-state index in [1.165, 1.54) is 0 Å². The van der Waals surface area contributed by atoms with Crippen LogP contribution in [0.3, 0.4) is 0 Å². The van der Waals surface area contributed by atoms with Crippen LogP contribution in [0, 0.1) is 5.41 Å². The van der Waals surface area contributed by atoms with E-state index in [-0.39, 0.29) is 6.04 Å². The van der Waals surface area contributed by atoms with Gasteiger partial charge in [-0.05, 0) is 36.0 Å². The monoisotopic (exact) mass is 318 g/mol. The third kappa shape index (κ3) is 4.96. The summed E-state index contributed by atoms with van der Waals surface area (Å²) in [6.45, 7) is 6.68. The van der Waals surface area contributed by atoms with Crippen molar-refractivity contribution >= 4 is 27.5 Å². The molecule has 0 aliphatic heterocycles. The van der Waals surface area contributed by atoms with Crippen LogP contribution in [-0.4, -0.2) is 0 Å². The topological polar surface area (TPSA) is 38.0 Å².